The van der Waals surface area contributed by atoms with E-state index in [4.69, 9.17) is 4.62 Å². The number of benzene rings is 1. The number of aromatic nitrogens is 3. The Morgan fingerprint density at radius 1 is 0.857 bits per heavy atom. The molecule has 7 nitrogen and oxygen atoms in total. The van der Waals surface area contributed by atoms with Crippen molar-refractivity contribution in [2.24, 2.45) is 0 Å². The Kier molecular flexibility index (Phi) is 7.76. The van der Waals surface area contributed by atoms with Crippen LogP contribution in [0.1, 0.15) is 0 Å². The second-order valence-electron chi connectivity index (χ2n) is 6.05. The fourth-order valence-corrected chi connectivity index (χ4v) is 5.22. The molecule has 0 radical (unpaired) electrons. The third-order valence-electron chi connectivity index (χ3n) is 3.07. The van der Waals surface area contributed by atoms with Crippen molar-refractivity contribution >= 4 is 39.2 Å². The molecule has 1 aromatic carbocycles. The molecule has 0 unspecified atom stereocenters. The molecule has 0 atom stereocenters. The second-order valence-corrected chi connectivity index (χ2v) is 11.6. The van der Waals surface area contributed by atoms with Crippen LogP contribution in [0.3, 0.4) is 0 Å². The van der Waals surface area contributed by atoms with Gasteiger partial charge in [0.1, 0.15) is 11.0 Å². The summed E-state index contributed by atoms with van der Waals surface area (Å²) in [7, 11) is -0.761. The summed E-state index contributed by atoms with van der Waals surface area (Å²) >= 11 is 0. The molecule has 28 heavy (non-hydrogen) atoms. The summed E-state index contributed by atoms with van der Waals surface area (Å²) in [5, 5.41) is 8.25. The quantitative estimate of drug-likeness (QED) is 0.444. The zero-order chi connectivity index (χ0) is 21.3. The Bertz CT molecular complexity index is 752. The average Bonchev–Trinajstić information content (AvgIpc) is 2.83. The van der Waals surface area contributed by atoms with Crippen molar-refractivity contribution in [3.8, 4) is 0 Å². The SMILES string of the molecule is CN(C)[P+](On1nnc2ccccc21)(N(C)C)N(C)C.Cl.F[P-](F)(F)(F)(F)F. The van der Waals surface area contributed by atoms with Crippen molar-refractivity contribution in [2.45, 2.75) is 0 Å². The first-order chi connectivity index (χ1) is 11.8. The third-order valence-corrected chi connectivity index (χ3v) is 6.57. The van der Waals surface area contributed by atoms with Crippen molar-refractivity contribution in [1.82, 2.24) is 29.2 Å². The molecule has 0 bridgehead atoms. The Balaban J connectivity index is 0.000000786. The Labute approximate surface area is 165 Å². The molecule has 0 amide bonds. The van der Waals surface area contributed by atoms with Gasteiger partial charge in [-0.1, -0.05) is 12.1 Å². The zero-order valence-electron chi connectivity index (χ0n) is 16.0. The molecule has 0 saturated heterocycles. The first-order valence-corrected chi connectivity index (χ1v) is 10.9. The van der Waals surface area contributed by atoms with Crippen LogP contribution in [0, 0.1) is 0 Å². The molecule has 1 aromatic heterocycles. The normalized spacial score (nSPS) is 15.0. The molecule has 0 saturated carbocycles. The van der Waals surface area contributed by atoms with Gasteiger partial charge in [0.25, 0.3) is 0 Å². The Morgan fingerprint density at radius 2 is 1.25 bits per heavy atom. The second kappa shape index (κ2) is 8.04. The maximum absolute atomic E-state index is 10.7. The van der Waals surface area contributed by atoms with Crippen LogP contribution in [0.4, 0.5) is 25.2 Å². The maximum atomic E-state index is 9.87. The molecular formula is C12H23ClF6N6OP2. The van der Waals surface area contributed by atoms with Crippen LogP contribution in [0.25, 0.3) is 11.0 Å². The summed E-state index contributed by atoms with van der Waals surface area (Å²) in [5.74, 6) is 0. The van der Waals surface area contributed by atoms with Crippen LogP contribution < -0.4 is 4.62 Å². The van der Waals surface area contributed by atoms with Gasteiger partial charge in [0.2, 0.25) is 0 Å². The fraction of sp³-hybridized carbons (Fsp3) is 0.500. The summed E-state index contributed by atoms with van der Waals surface area (Å²) in [6.07, 6.45) is 0. The van der Waals surface area contributed by atoms with Crippen LogP contribution in [-0.2, 0) is 0 Å². The Morgan fingerprint density at radius 3 is 1.64 bits per heavy atom. The predicted molar refractivity (Wildman–Crippen MR) is 103 cm³/mol. The Hall–Kier alpha value is -0.970. The molecule has 166 valence electrons. The van der Waals surface area contributed by atoms with Gasteiger partial charge in [-0.05, 0) is 22.2 Å². The van der Waals surface area contributed by atoms with Gasteiger partial charge in [-0.2, -0.15) is 4.62 Å². The van der Waals surface area contributed by atoms with E-state index in [1.54, 1.807) is 0 Å². The number of fused-ring (bicyclic) bond motifs is 1. The van der Waals surface area contributed by atoms with Gasteiger partial charge in [-0.15, -0.1) is 31.5 Å². The van der Waals surface area contributed by atoms with Crippen molar-refractivity contribution < 1.29 is 29.8 Å². The van der Waals surface area contributed by atoms with E-state index < -0.39 is 15.8 Å². The fourth-order valence-electron chi connectivity index (χ4n) is 2.30. The van der Waals surface area contributed by atoms with Crippen molar-refractivity contribution in [3.63, 3.8) is 0 Å². The molecule has 1 heterocycles. The molecule has 16 heteroatoms. The number of rotatable bonds is 5. The molecule has 0 aliphatic carbocycles. The number of halogens is 7. The van der Waals surface area contributed by atoms with Crippen LogP contribution in [0.5, 0.6) is 0 Å². The van der Waals surface area contributed by atoms with Crippen molar-refractivity contribution in [3.05, 3.63) is 24.3 Å². The third kappa shape index (κ3) is 8.18. The van der Waals surface area contributed by atoms with Crippen molar-refractivity contribution in [2.75, 3.05) is 42.3 Å². The van der Waals surface area contributed by atoms with E-state index in [0.29, 0.717) is 0 Å². The van der Waals surface area contributed by atoms with E-state index in [2.05, 4.69) is 24.3 Å². The first-order valence-electron chi connectivity index (χ1n) is 7.34. The van der Waals surface area contributed by atoms with Crippen LogP contribution in [0.2, 0.25) is 0 Å². The number of hydrogen-bond donors (Lipinski definition) is 0. The van der Waals surface area contributed by atoms with Gasteiger partial charge in [-0.3, -0.25) is 0 Å². The molecular weight excluding hydrogens is 456 g/mol. The minimum absolute atomic E-state index is 0. The summed E-state index contributed by atoms with van der Waals surface area (Å²) in [4.78, 5) is 1.52. The van der Waals surface area contributed by atoms with Gasteiger partial charge in [0.05, 0.1) is 0 Å². The molecule has 0 spiro atoms. The molecule has 0 aliphatic heterocycles. The van der Waals surface area contributed by atoms with Gasteiger partial charge >= 0.3 is 40.9 Å². The van der Waals surface area contributed by atoms with Crippen molar-refractivity contribution in [1.29, 1.82) is 0 Å². The minimum atomic E-state index is -10.7. The summed E-state index contributed by atoms with van der Waals surface area (Å²) in [6.45, 7) is 0. The van der Waals surface area contributed by atoms with E-state index in [1.807, 2.05) is 66.6 Å². The number of para-hydroxylation sites is 1. The van der Waals surface area contributed by atoms with Crippen LogP contribution in [-0.4, -0.2) is 71.5 Å². The molecule has 0 fully saturated rings. The van der Waals surface area contributed by atoms with E-state index in [1.165, 1.54) is 4.85 Å². The predicted octanol–water partition coefficient (Wildman–Crippen LogP) is 5.03. The van der Waals surface area contributed by atoms with Crippen LogP contribution >= 0.6 is 28.2 Å². The molecule has 2 rings (SSSR count). The molecule has 2 aromatic rings. The number of hydrogen-bond acceptors (Lipinski definition) is 6. The van der Waals surface area contributed by atoms with Gasteiger partial charge in [0, 0.05) is 42.3 Å². The molecule has 0 N–H and O–H groups in total. The van der Waals surface area contributed by atoms with E-state index >= 15 is 0 Å². The zero-order valence-corrected chi connectivity index (χ0v) is 18.6. The van der Waals surface area contributed by atoms with Crippen LogP contribution in [0.15, 0.2) is 24.3 Å². The van der Waals surface area contributed by atoms with Gasteiger partial charge in [-0.25, -0.2) is 0 Å². The van der Waals surface area contributed by atoms with Gasteiger partial charge < -0.3 is 0 Å². The van der Waals surface area contributed by atoms with Gasteiger partial charge in [0.15, 0.2) is 0 Å². The standard InChI is InChI=1S/C12H22N6OP.ClH.F6P/c1-15(2)20(16(3)4,17(5)6)19-18-12-10-8-7-9-11(12)13-14-18;;1-7(2,3,4,5)6/h7-10H,1-6H3;1H;/q+1;;-1. The monoisotopic (exact) mass is 478 g/mol. The summed E-state index contributed by atoms with van der Waals surface area (Å²) in [5.41, 5.74) is 1.68. The summed E-state index contributed by atoms with van der Waals surface area (Å²) < 4.78 is 71.7. The molecule has 0 aliphatic rings. The number of nitrogens with zero attached hydrogens (tertiary/aromatic N) is 6. The van der Waals surface area contributed by atoms with E-state index in [-0.39, 0.29) is 12.4 Å². The topological polar surface area (TPSA) is 49.7 Å². The van der Waals surface area contributed by atoms with E-state index in [9.17, 15) is 25.2 Å². The van der Waals surface area contributed by atoms with E-state index in [0.717, 1.165) is 11.0 Å². The summed E-state index contributed by atoms with van der Waals surface area (Å²) in [6, 6.07) is 7.76. The average molecular weight is 479 g/mol. The first kappa shape index (κ1) is 27.0.